The number of nitrogens with one attached hydrogen (secondary N) is 2. The Labute approximate surface area is 277 Å². The van der Waals surface area contributed by atoms with Crippen LogP contribution in [0.15, 0.2) is 20.9 Å². The van der Waals surface area contributed by atoms with Crippen LogP contribution in [0.5, 0.6) is 0 Å². The number of aliphatic imine (C=N–C) groups is 1. The molecule has 3 aliphatic rings. The minimum Gasteiger partial charge on any atom is -0.386 e. The fraction of sp³-hybridized carbons (Fsp3) is 0.500. The second kappa shape index (κ2) is 12.9. The number of hydrogen-bond donors (Lipinski definition) is 7. The Morgan fingerprint density at radius 2 is 1.75 bits per heavy atom. The summed E-state index contributed by atoms with van der Waals surface area (Å²) >= 11 is 5.22. The molecule has 3 aromatic heterocycles. The molecule has 9 N–H and O–H groups in total. The van der Waals surface area contributed by atoms with Crippen LogP contribution in [0.4, 0.5) is 23.4 Å². The van der Waals surface area contributed by atoms with E-state index in [1.807, 2.05) is 0 Å². The number of aromatic nitrogens is 6. The van der Waals surface area contributed by atoms with Gasteiger partial charge in [-0.3, -0.25) is 42.7 Å². The fourth-order valence-corrected chi connectivity index (χ4v) is 8.70. The number of rotatable bonds is 4. The Bertz CT molecular complexity index is 2020. The molecule has 0 aliphatic carbocycles. The van der Waals surface area contributed by atoms with E-state index in [2.05, 4.69) is 36.6 Å². The number of likely N-dealkylation sites (N-methyl/N-ethyl adjacent to an activating group) is 1. The minimum atomic E-state index is -4.38. The van der Waals surface area contributed by atoms with Gasteiger partial charge in [0.05, 0.1) is 19.5 Å². The number of aromatic amines is 2. The molecule has 3 aliphatic heterocycles. The Morgan fingerprint density at radius 1 is 1.10 bits per heavy atom. The number of nitrogens with zero attached hydrogens (tertiary/aromatic N) is 6. The molecule has 26 heteroatoms. The normalized spacial score (nSPS) is 35.6. The van der Waals surface area contributed by atoms with E-state index in [9.17, 15) is 29.3 Å². The molecule has 0 bridgehead atoms. The van der Waals surface area contributed by atoms with Gasteiger partial charge in [-0.15, -0.1) is 0 Å². The highest BCUT2D eigenvalue weighted by Crippen LogP contribution is 2.59. The molecular formula is C22H28N10O12P2S2. The zero-order valence-electron chi connectivity index (χ0n) is 24.5. The standard InChI is InChI=1S/C22H28N10O12P2S2/c1-25-9-15(27-21(23)29-17(9)35)31(2)19-11(33)14-7(41-19)4-39-45(37,47)43-13-8(5-40-46(38,44-14)48-3)42-20(12(13)34)32-6-26-10-16(32)28-22(24)30-18(10)36/h3,6-8,11-14,19-20,33-34H,1,4-5H2,2H3,(H,37,47)(H3,23,27,29,35)(H3,24,28,30,36)/t7-,8-,11-,12-,13-,14-,19-,20-,45?,46-/m1/s1. The van der Waals surface area contributed by atoms with Crippen LogP contribution in [0.1, 0.15) is 6.23 Å². The number of aliphatic hydroxyl groups is 2. The lowest BCUT2D eigenvalue weighted by Crippen LogP contribution is -2.43. The van der Waals surface area contributed by atoms with Gasteiger partial charge in [0.25, 0.3) is 11.1 Å². The van der Waals surface area contributed by atoms with Gasteiger partial charge in [0.2, 0.25) is 11.9 Å². The Kier molecular flexibility index (Phi) is 9.34. The smallest absolute Gasteiger partial charge is 0.386 e. The quantitative estimate of drug-likeness (QED) is 0.120. The van der Waals surface area contributed by atoms with Crippen LogP contribution in [0.2, 0.25) is 0 Å². The van der Waals surface area contributed by atoms with Gasteiger partial charge in [-0.05, 0) is 29.3 Å². The summed E-state index contributed by atoms with van der Waals surface area (Å²) in [4.78, 5) is 57.3. The molecule has 0 radical (unpaired) electrons. The molecule has 0 aromatic carbocycles. The molecule has 260 valence electrons. The van der Waals surface area contributed by atoms with Crippen molar-refractivity contribution in [2.24, 2.45) is 4.99 Å². The van der Waals surface area contributed by atoms with Crippen LogP contribution < -0.4 is 27.5 Å². The SMILES string of the molecule is C#S[P@]1(=O)OC[C@H]2O[C@@H](n3cnc4c(=O)[nH]c(N)nc43)[C@H](O)[C@@H]2OP(O)(=S)OC[C@H]2O[C@@H](N(C)c3nc(N)[nH]c(=O)c3N=C)[C@H](O)[C@@H]2O1. The second-order valence-corrected chi connectivity index (χ2v) is 16.9. The van der Waals surface area contributed by atoms with Crippen molar-refractivity contribution in [2.75, 3.05) is 36.6 Å². The third-order valence-electron chi connectivity index (χ3n) is 7.55. The van der Waals surface area contributed by atoms with Crippen molar-refractivity contribution in [2.45, 2.75) is 49.1 Å². The van der Waals surface area contributed by atoms with E-state index in [1.165, 1.54) is 22.8 Å². The van der Waals surface area contributed by atoms with Gasteiger partial charge in [-0.2, -0.15) is 9.97 Å². The van der Waals surface area contributed by atoms with Gasteiger partial charge in [0, 0.05) is 7.05 Å². The average Bonchev–Trinajstić information content (AvgIpc) is 3.67. The lowest BCUT2D eigenvalue weighted by Gasteiger charge is -2.29. The zero-order chi connectivity index (χ0) is 34.7. The number of imidazole rings is 1. The van der Waals surface area contributed by atoms with Crippen molar-refractivity contribution in [3.8, 4) is 5.69 Å². The van der Waals surface area contributed by atoms with Crippen molar-refractivity contribution in [3.05, 3.63) is 27.0 Å². The van der Waals surface area contributed by atoms with Gasteiger partial charge in [-0.25, -0.2) is 9.55 Å². The van der Waals surface area contributed by atoms with Crippen molar-refractivity contribution in [3.63, 3.8) is 0 Å². The fourth-order valence-electron chi connectivity index (χ4n) is 5.38. The minimum absolute atomic E-state index is 0.0443. The van der Waals surface area contributed by atoms with E-state index in [4.69, 9.17) is 56.5 Å². The van der Waals surface area contributed by atoms with Crippen LogP contribution >= 0.6 is 24.3 Å². The van der Waals surface area contributed by atoms with Crippen molar-refractivity contribution >= 4 is 77.4 Å². The largest absolute Gasteiger partial charge is 0.418 e. The summed E-state index contributed by atoms with van der Waals surface area (Å²) in [5.74, 6) is -0.626. The molecule has 6 rings (SSSR count). The molecule has 6 heterocycles. The third-order valence-corrected chi connectivity index (χ3v) is 11.7. The number of hydrogen-bond acceptors (Lipinski definition) is 19. The predicted octanol–water partition coefficient (Wildman–Crippen LogP) is -1.36. The maximum atomic E-state index is 13.8. The van der Waals surface area contributed by atoms with Gasteiger partial charge in [0.1, 0.15) is 36.6 Å². The summed E-state index contributed by atoms with van der Waals surface area (Å²) < 4.78 is 49.5. The highest BCUT2D eigenvalue weighted by atomic mass is 32.7. The molecule has 3 fully saturated rings. The third kappa shape index (κ3) is 6.32. The van der Waals surface area contributed by atoms with Gasteiger partial charge in [0.15, 0.2) is 35.1 Å². The Hall–Kier alpha value is -3.18. The molecule has 48 heavy (non-hydrogen) atoms. The molecule has 1 unspecified atom stereocenters. The van der Waals surface area contributed by atoms with E-state index in [-0.39, 0.29) is 45.4 Å². The molecule has 0 spiro atoms. The predicted molar refractivity (Wildman–Crippen MR) is 172 cm³/mol. The highest BCUT2D eigenvalue weighted by molar-refractivity contribution is 8.48. The summed E-state index contributed by atoms with van der Waals surface area (Å²) in [6.07, 6.45) is -10.4. The number of fused-ring (bicyclic) bond motifs is 3. The first kappa shape index (κ1) is 34.7. The molecule has 22 nitrogen and oxygen atoms in total. The number of H-pyrrole nitrogens is 2. The number of aliphatic hydroxyl groups excluding tert-OH is 2. The molecular weight excluding hydrogens is 722 g/mol. The Morgan fingerprint density at radius 3 is 2.46 bits per heavy atom. The van der Waals surface area contributed by atoms with E-state index >= 15 is 0 Å². The number of nitrogens with two attached hydrogens (primary N) is 2. The number of ether oxygens (including phenoxy) is 2. The Balaban J connectivity index is 1.30. The first-order valence-corrected chi connectivity index (χ1v) is 19.2. The van der Waals surface area contributed by atoms with Crippen molar-refractivity contribution in [1.82, 2.24) is 29.5 Å². The maximum absolute atomic E-state index is 13.8. The summed E-state index contributed by atoms with van der Waals surface area (Å²) in [5, 5.41) is 22.7. The van der Waals surface area contributed by atoms with Gasteiger partial charge in [-0.1, -0.05) is 5.69 Å². The number of nitrogen functional groups attached to an aromatic ring is 2. The lowest BCUT2D eigenvalue weighted by molar-refractivity contribution is -0.0534. The average molecular weight is 751 g/mol. The van der Waals surface area contributed by atoms with E-state index in [1.54, 1.807) is 0 Å². The second-order valence-electron chi connectivity index (χ2n) is 10.5. The zero-order valence-corrected chi connectivity index (χ0v) is 27.9. The topological polar surface area (TPSA) is 310 Å². The highest BCUT2D eigenvalue weighted by Gasteiger charge is 2.53. The van der Waals surface area contributed by atoms with Crippen LogP contribution in [0.3, 0.4) is 0 Å². The summed E-state index contributed by atoms with van der Waals surface area (Å²) in [5.41, 5.74) is 15.3. The first-order chi connectivity index (χ1) is 22.6. The first-order valence-electron chi connectivity index (χ1n) is 13.6. The molecule has 10 atom stereocenters. The van der Waals surface area contributed by atoms with Crippen LogP contribution in [0.25, 0.3) is 11.2 Å². The van der Waals surface area contributed by atoms with E-state index in [0.29, 0.717) is 0 Å². The molecule has 3 aromatic rings. The van der Waals surface area contributed by atoms with E-state index < -0.39 is 86.9 Å². The number of anilines is 3. The van der Waals surface area contributed by atoms with Crippen molar-refractivity contribution in [1.29, 1.82) is 0 Å². The molecule has 3 saturated heterocycles. The molecule has 0 amide bonds. The van der Waals surface area contributed by atoms with E-state index in [0.717, 1.165) is 0 Å². The van der Waals surface area contributed by atoms with Gasteiger partial charge >= 0.3 is 13.5 Å². The van der Waals surface area contributed by atoms with Crippen molar-refractivity contribution < 1.29 is 47.2 Å². The lowest BCUT2D eigenvalue weighted by atomic mass is 10.1. The van der Waals surface area contributed by atoms with Crippen LogP contribution in [-0.4, -0.2) is 114 Å². The van der Waals surface area contributed by atoms with Crippen LogP contribution in [-0.2, 0) is 43.9 Å². The summed E-state index contributed by atoms with van der Waals surface area (Å²) in [6, 6.07) is 0. The maximum Gasteiger partial charge on any atom is 0.418 e. The molecule has 0 saturated carbocycles. The summed E-state index contributed by atoms with van der Waals surface area (Å²) in [6.45, 7) is -6.50. The summed E-state index contributed by atoms with van der Waals surface area (Å²) in [7, 11) is 1.59. The van der Waals surface area contributed by atoms with Gasteiger partial charge < -0.3 is 45.5 Å². The monoisotopic (exact) mass is 750 g/mol. The van der Waals surface area contributed by atoms with Crippen LogP contribution in [0, 0.1) is 5.69 Å².